The van der Waals surface area contributed by atoms with Crippen LogP contribution in [0.4, 0.5) is 11.5 Å². The molecule has 0 unspecified atom stereocenters. The summed E-state index contributed by atoms with van der Waals surface area (Å²) < 4.78 is 5.11. The molecule has 5 heteroatoms. The van der Waals surface area contributed by atoms with E-state index in [4.69, 9.17) is 4.42 Å². The molecule has 98 valence electrons. The van der Waals surface area contributed by atoms with Crippen LogP contribution in [0.15, 0.2) is 47.2 Å². The maximum Gasteiger partial charge on any atom is 0.248 e. The van der Waals surface area contributed by atoms with Gasteiger partial charge in [-0.25, -0.2) is 4.98 Å². The Morgan fingerprint density at radius 3 is 2.89 bits per heavy atom. The van der Waals surface area contributed by atoms with Crippen LogP contribution in [0.2, 0.25) is 0 Å². The van der Waals surface area contributed by atoms with E-state index in [1.54, 1.807) is 42.8 Å². The lowest BCUT2D eigenvalue weighted by Crippen LogP contribution is -2.16. The third kappa shape index (κ3) is 3.45. The smallest absolute Gasteiger partial charge is 0.248 e. The second kappa shape index (κ2) is 5.86. The Morgan fingerprint density at radius 1 is 1.37 bits per heavy atom. The van der Waals surface area contributed by atoms with Crippen LogP contribution in [-0.4, -0.2) is 25.0 Å². The number of pyridine rings is 1. The summed E-state index contributed by atoms with van der Waals surface area (Å²) in [7, 11) is 3.74. The zero-order chi connectivity index (χ0) is 13.7. The van der Waals surface area contributed by atoms with E-state index in [1.165, 1.54) is 6.08 Å². The van der Waals surface area contributed by atoms with Crippen molar-refractivity contribution >= 4 is 23.5 Å². The van der Waals surface area contributed by atoms with Crippen molar-refractivity contribution in [1.29, 1.82) is 0 Å². The summed E-state index contributed by atoms with van der Waals surface area (Å²) in [6.45, 7) is 0. The molecule has 0 fully saturated rings. The number of carbonyl (C=O) groups is 1. The van der Waals surface area contributed by atoms with Crippen LogP contribution >= 0.6 is 0 Å². The minimum Gasteiger partial charge on any atom is -0.465 e. The summed E-state index contributed by atoms with van der Waals surface area (Å²) in [5.41, 5.74) is 0.668. The van der Waals surface area contributed by atoms with Gasteiger partial charge in [0, 0.05) is 26.4 Å². The molecule has 0 bridgehead atoms. The van der Waals surface area contributed by atoms with Gasteiger partial charge in [0.1, 0.15) is 5.76 Å². The fraction of sp³-hybridized carbons (Fsp3) is 0.143. The fourth-order valence-corrected chi connectivity index (χ4v) is 1.57. The first kappa shape index (κ1) is 12.9. The second-order valence-electron chi connectivity index (χ2n) is 4.11. The van der Waals surface area contributed by atoms with Crippen molar-refractivity contribution < 1.29 is 9.21 Å². The quantitative estimate of drug-likeness (QED) is 0.854. The van der Waals surface area contributed by atoms with Gasteiger partial charge in [-0.1, -0.05) is 0 Å². The molecular weight excluding hydrogens is 242 g/mol. The lowest BCUT2D eigenvalue weighted by molar-refractivity contribution is -0.111. The first-order chi connectivity index (χ1) is 9.16. The van der Waals surface area contributed by atoms with Crippen LogP contribution in [0.1, 0.15) is 5.76 Å². The van der Waals surface area contributed by atoms with Crippen LogP contribution in [0, 0.1) is 0 Å². The predicted octanol–water partition coefficient (Wildman–Crippen LogP) is 2.39. The molecule has 0 aliphatic heterocycles. The van der Waals surface area contributed by atoms with E-state index in [0.717, 1.165) is 0 Å². The van der Waals surface area contributed by atoms with Crippen molar-refractivity contribution in [3.8, 4) is 0 Å². The molecule has 0 spiro atoms. The summed E-state index contributed by atoms with van der Waals surface area (Å²) in [4.78, 5) is 17.8. The van der Waals surface area contributed by atoms with Gasteiger partial charge in [0.15, 0.2) is 5.82 Å². The lowest BCUT2D eigenvalue weighted by Gasteiger charge is -2.15. The van der Waals surface area contributed by atoms with E-state index in [9.17, 15) is 4.79 Å². The molecule has 2 aromatic rings. The minimum absolute atomic E-state index is 0.229. The molecule has 2 aromatic heterocycles. The van der Waals surface area contributed by atoms with E-state index < -0.39 is 0 Å². The van der Waals surface area contributed by atoms with Crippen molar-refractivity contribution in [3.05, 3.63) is 48.6 Å². The number of rotatable bonds is 4. The molecule has 0 atom stereocenters. The van der Waals surface area contributed by atoms with Crippen molar-refractivity contribution in [3.63, 3.8) is 0 Å². The van der Waals surface area contributed by atoms with Crippen LogP contribution in [-0.2, 0) is 4.79 Å². The molecular formula is C14H15N3O2. The van der Waals surface area contributed by atoms with Crippen molar-refractivity contribution in [2.75, 3.05) is 24.3 Å². The van der Waals surface area contributed by atoms with Gasteiger partial charge in [-0.2, -0.15) is 0 Å². The Labute approximate surface area is 111 Å². The van der Waals surface area contributed by atoms with Gasteiger partial charge < -0.3 is 14.6 Å². The van der Waals surface area contributed by atoms with E-state index in [2.05, 4.69) is 10.3 Å². The highest BCUT2D eigenvalue weighted by molar-refractivity contribution is 6.03. The average molecular weight is 257 g/mol. The van der Waals surface area contributed by atoms with Gasteiger partial charge in [0.25, 0.3) is 0 Å². The van der Waals surface area contributed by atoms with Crippen molar-refractivity contribution in [2.45, 2.75) is 0 Å². The molecule has 0 aliphatic rings. The molecule has 5 nitrogen and oxygen atoms in total. The maximum absolute atomic E-state index is 11.8. The SMILES string of the molecule is CN(C)c1ncccc1NC(=O)/C=C/c1ccco1. The number of carbonyl (C=O) groups excluding carboxylic acids is 1. The largest absolute Gasteiger partial charge is 0.465 e. The summed E-state index contributed by atoms with van der Waals surface area (Å²) in [5.74, 6) is 1.11. The number of nitrogens with one attached hydrogen (secondary N) is 1. The van der Waals surface area contributed by atoms with Gasteiger partial charge in [-0.3, -0.25) is 4.79 Å². The van der Waals surface area contributed by atoms with Crippen molar-refractivity contribution in [1.82, 2.24) is 4.98 Å². The number of furan rings is 1. The van der Waals surface area contributed by atoms with Gasteiger partial charge in [0.2, 0.25) is 5.91 Å². The molecule has 19 heavy (non-hydrogen) atoms. The van der Waals surface area contributed by atoms with Crippen LogP contribution < -0.4 is 10.2 Å². The third-order valence-electron chi connectivity index (χ3n) is 2.41. The predicted molar refractivity (Wildman–Crippen MR) is 74.9 cm³/mol. The summed E-state index contributed by atoms with van der Waals surface area (Å²) >= 11 is 0. The van der Waals surface area contributed by atoms with Crippen LogP contribution in [0.25, 0.3) is 6.08 Å². The monoisotopic (exact) mass is 257 g/mol. The van der Waals surface area contributed by atoms with E-state index >= 15 is 0 Å². The summed E-state index contributed by atoms with van der Waals surface area (Å²) in [6, 6.07) is 7.13. The number of aromatic nitrogens is 1. The normalized spacial score (nSPS) is 10.6. The standard InChI is InChI=1S/C14H15N3O2/c1-17(2)14-12(6-3-9-15-14)16-13(18)8-7-11-5-4-10-19-11/h3-10H,1-2H3,(H,16,18)/b8-7+. The lowest BCUT2D eigenvalue weighted by atomic mass is 10.3. The number of hydrogen-bond acceptors (Lipinski definition) is 4. The highest BCUT2D eigenvalue weighted by atomic mass is 16.3. The zero-order valence-corrected chi connectivity index (χ0v) is 10.8. The highest BCUT2D eigenvalue weighted by Gasteiger charge is 2.07. The average Bonchev–Trinajstić information content (AvgIpc) is 2.90. The first-order valence-corrected chi connectivity index (χ1v) is 5.82. The molecule has 0 aromatic carbocycles. The summed E-state index contributed by atoms with van der Waals surface area (Å²) in [6.07, 6.45) is 6.28. The molecule has 2 heterocycles. The van der Waals surface area contributed by atoms with Crippen LogP contribution in [0.5, 0.6) is 0 Å². The van der Waals surface area contributed by atoms with Crippen LogP contribution in [0.3, 0.4) is 0 Å². The zero-order valence-electron chi connectivity index (χ0n) is 10.8. The minimum atomic E-state index is -0.229. The van der Waals surface area contributed by atoms with Gasteiger partial charge in [0.05, 0.1) is 12.0 Å². The Hall–Kier alpha value is -2.56. The number of nitrogens with zero attached hydrogens (tertiary/aromatic N) is 2. The number of hydrogen-bond donors (Lipinski definition) is 1. The maximum atomic E-state index is 11.8. The highest BCUT2D eigenvalue weighted by Crippen LogP contribution is 2.20. The second-order valence-corrected chi connectivity index (χ2v) is 4.11. The third-order valence-corrected chi connectivity index (χ3v) is 2.41. The summed E-state index contributed by atoms with van der Waals surface area (Å²) in [5, 5.41) is 2.78. The van der Waals surface area contributed by atoms with E-state index in [0.29, 0.717) is 17.3 Å². The molecule has 0 aliphatic carbocycles. The number of anilines is 2. The van der Waals surface area contributed by atoms with E-state index in [1.807, 2.05) is 19.0 Å². The Balaban J connectivity index is 2.07. The van der Waals surface area contributed by atoms with E-state index in [-0.39, 0.29) is 5.91 Å². The number of amides is 1. The molecule has 0 radical (unpaired) electrons. The molecule has 2 rings (SSSR count). The molecule has 1 N–H and O–H groups in total. The Kier molecular flexibility index (Phi) is 3.97. The first-order valence-electron chi connectivity index (χ1n) is 5.82. The topological polar surface area (TPSA) is 58.4 Å². The fourth-order valence-electron chi connectivity index (χ4n) is 1.57. The molecule has 1 amide bonds. The van der Waals surface area contributed by atoms with Gasteiger partial charge in [-0.15, -0.1) is 0 Å². The van der Waals surface area contributed by atoms with Gasteiger partial charge in [-0.05, 0) is 30.3 Å². The molecule has 0 saturated heterocycles. The van der Waals surface area contributed by atoms with Crippen molar-refractivity contribution in [2.24, 2.45) is 0 Å². The molecule has 0 saturated carbocycles. The Bertz CT molecular complexity index is 574. The Morgan fingerprint density at radius 2 is 2.21 bits per heavy atom. The van der Waals surface area contributed by atoms with Gasteiger partial charge >= 0.3 is 0 Å².